The third-order valence-electron chi connectivity index (χ3n) is 4.06. The van der Waals surface area contributed by atoms with Crippen LogP contribution in [0.1, 0.15) is 5.56 Å². The van der Waals surface area contributed by atoms with Crippen LogP contribution in [-0.2, 0) is 9.59 Å². The maximum atomic E-state index is 12.5. The van der Waals surface area contributed by atoms with Crippen molar-refractivity contribution in [1.29, 1.82) is 0 Å². The number of nitrogens with one attached hydrogen (secondary N) is 1. The minimum Gasteiger partial charge on any atom is -0.454 e. The van der Waals surface area contributed by atoms with E-state index in [-0.39, 0.29) is 18.4 Å². The Kier molecular flexibility index (Phi) is 3.62. The Morgan fingerprint density at radius 3 is 2.48 bits per heavy atom. The minimum absolute atomic E-state index is 0.164. The molecule has 2 aromatic rings. The van der Waals surface area contributed by atoms with Crippen LogP contribution < -0.4 is 14.8 Å². The molecule has 2 heterocycles. The van der Waals surface area contributed by atoms with E-state index in [1.54, 1.807) is 42.5 Å². The number of carbonyl (C=O) groups is 2. The maximum absolute atomic E-state index is 12.5. The summed E-state index contributed by atoms with van der Waals surface area (Å²) in [6, 6.07) is 12.0. The topological polar surface area (TPSA) is 67.9 Å². The number of hydrogen-bond donors (Lipinski definition) is 1. The van der Waals surface area contributed by atoms with Gasteiger partial charge in [0.05, 0.1) is 5.57 Å². The molecule has 6 nitrogen and oxygen atoms in total. The second kappa shape index (κ2) is 5.82. The molecule has 25 heavy (non-hydrogen) atoms. The minimum atomic E-state index is -0.396. The SMILES string of the molecule is CN1C(=O)C(Nc2ccc3c(c2)OCO3)=C(c2ccc(Cl)cc2)C1=O. The third kappa shape index (κ3) is 2.60. The molecular weight excluding hydrogens is 344 g/mol. The van der Waals surface area contributed by atoms with E-state index in [4.69, 9.17) is 21.1 Å². The second-order valence-electron chi connectivity index (χ2n) is 5.62. The summed E-state index contributed by atoms with van der Waals surface area (Å²) < 4.78 is 10.6. The number of carbonyl (C=O) groups excluding carboxylic acids is 2. The number of likely N-dealkylation sites (N-methyl/N-ethyl adjacent to an activating group) is 1. The summed E-state index contributed by atoms with van der Waals surface area (Å²) in [6.45, 7) is 0.164. The molecule has 7 heteroatoms. The van der Waals surface area contributed by atoms with Gasteiger partial charge in [-0.1, -0.05) is 23.7 Å². The van der Waals surface area contributed by atoms with Crippen molar-refractivity contribution in [2.75, 3.05) is 19.2 Å². The zero-order chi connectivity index (χ0) is 17.6. The summed E-state index contributed by atoms with van der Waals surface area (Å²) in [5.41, 5.74) is 1.77. The van der Waals surface area contributed by atoms with Gasteiger partial charge in [0.1, 0.15) is 5.70 Å². The van der Waals surface area contributed by atoms with E-state index in [0.29, 0.717) is 33.3 Å². The van der Waals surface area contributed by atoms with Gasteiger partial charge in [0.25, 0.3) is 11.8 Å². The highest BCUT2D eigenvalue weighted by atomic mass is 35.5. The largest absolute Gasteiger partial charge is 0.454 e. The number of rotatable bonds is 3. The summed E-state index contributed by atoms with van der Waals surface area (Å²) in [6.07, 6.45) is 0. The Labute approximate surface area is 148 Å². The van der Waals surface area contributed by atoms with Gasteiger partial charge in [0.2, 0.25) is 6.79 Å². The lowest BCUT2D eigenvalue weighted by Crippen LogP contribution is -2.27. The molecule has 0 aliphatic carbocycles. The zero-order valence-corrected chi connectivity index (χ0v) is 14.0. The normalized spacial score (nSPS) is 16.0. The first-order valence-electron chi connectivity index (χ1n) is 7.54. The van der Waals surface area contributed by atoms with Crippen LogP contribution in [0.5, 0.6) is 11.5 Å². The fraction of sp³-hybridized carbons (Fsp3) is 0.111. The van der Waals surface area contributed by atoms with Crippen molar-refractivity contribution in [3.05, 3.63) is 58.7 Å². The molecular formula is C18H13ClN2O4. The van der Waals surface area contributed by atoms with Crippen molar-refractivity contribution < 1.29 is 19.1 Å². The van der Waals surface area contributed by atoms with Crippen LogP contribution >= 0.6 is 11.6 Å². The van der Waals surface area contributed by atoms with Gasteiger partial charge in [-0.25, -0.2) is 0 Å². The molecule has 0 saturated heterocycles. The van der Waals surface area contributed by atoms with Crippen LogP contribution in [-0.4, -0.2) is 30.6 Å². The second-order valence-corrected chi connectivity index (χ2v) is 6.06. The molecule has 2 aliphatic heterocycles. The van der Waals surface area contributed by atoms with Crippen LogP contribution in [0.2, 0.25) is 5.02 Å². The summed E-state index contributed by atoms with van der Waals surface area (Å²) in [5.74, 6) is 0.468. The van der Waals surface area contributed by atoms with Crippen molar-refractivity contribution in [2.45, 2.75) is 0 Å². The third-order valence-corrected chi connectivity index (χ3v) is 4.31. The van der Waals surface area contributed by atoms with Crippen molar-refractivity contribution in [1.82, 2.24) is 4.90 Å². The Morgan fingerprint density at radius 1 is 1.00 bits per heavy atom. The fourth-order valence-corrected chi connectivity index (χ4v) is 2.89. The lowest BCUT2D eigenvalue weighted by molar-refractivity contribution is -0.135. The first-order valence-corrected chi connectivity index (χ1v) is 7.91. The highest BCUT2D eigenvalue weighted by molar-refractivity contribution is 6.36. The summed E-state index contributed by atoms with van der Waals surface area (Å²) in [4.78, 5) is 26.1. The number of imide groups is 1. The Balaban J connectivity index is 1.76. The lowest BCUT2D eigenvalue weighted by atomic mass is 10.0. The van der Waals surface area contributed by atoms with E-state index < -0.39 is 5.91 Å². The molecule has 2 amide bonds. The van der Waals surface area contributed by atoms with E-state index in [2.05, 4.69) is 5.32 Å². The number of ether oxygens (including phenoxy) is 2. The smallest absolute Gasteiger partial charge is 0.277 e. The van der Waals surface area contributed by atoms with Gasteiger partial charge in [-0.15, -0.1) is 0 Å². The molecule has 0 atom stereocenters. The molecule has 0 bridgehead atoms. The molecule has 1 N–H and O–H groups in total. The quantitative estimate of drug-likeness (QED) is 0.856. The van der Waals surface area contributed by atoms with Gasteiger partial charge in [0, 0.05) is 23.8 Å². The molecule has 0 saturated carbocycles. The fourth-order valence-electron chi connectivity index (χ4n) is 2.76. The van der Waals surface area contributed by atoms with Crippen molar-refractivity contribution in [2.24, 2.45) is 0 Å². The van der Waals surface area contributed by atoms with Crippen LogP contribution in [0.25, 0.3) is 5.57 Å². The van der Waals surface area contributed by atoms with E-state index in [1.165, 1.54) is 7.05 Å². The molecule has 0 unspecified atom stereocenters. The molecule has 0 fully saturated rings. The van der Waals surface area contributed by atoms with E-state index in [0.717, 1.165) is 4.90 Å². The summed E-state index contributed by atoms with van der Waals surface area (Å²) in [7, 11) is 1.45. The van der Waals surface area contributed by atoms with Gasteiger partial charge in [-0.3, -0.25) is 14.5 Å². The predicted octanol–water partition coefficient (Wildman–Crippen LogP) is 2.89. The van der Waals surface area contributed by atoms with Crippen molar-refractivity contribution in [3.63, 3.8) is 0 Å². The van der Waals surface area contributed by atoms with Gasteiger partial charge in [-0.05, 0) is 29.8 Å². The summed E-state index contributed by atoms with van der Waals surface area (Å²) in [5, 5.41) is 3.60. The van der Waals surface area contributed by atoms with Crippen molar-refractivity contribution in [3.8, 4) is 11.5 Å². The number of nitrogens with zero attached hydrogens (tertiary/aromatic N) is 1. The first-order chi connectivity index (χ1) is 12.0. The molecule has 0 spiro atoms. The number of fused-ring (bicyclic) bond motifs is 1. The van der Waals surface area contributed by atoms with Crippen LogP contribution in [0.15, 0.2) is 48.2 Å². The predicted molar refractivity (Wildman–Crippen MR) is 92.3 cm³/mol. The molecule has 126 valence electrons. The average Bonchev–Trinajstić information content (AvgIpc) is 3.15. The van der Waals surface area contributed by atoms with Gasteiger partial charge in [0.15, 0.2) is 11.5 Å². The van der Waals surface area contributed by atoms with Crippen LogP contribution in [0.4, 0.5) is 5.69 Å². The Morgan fingerprint density at radius 2 is 1.72 bits per heavy atom. The highest BCUT2D eigenvalue weighted by Gasteiger charge is 2.36. The Hall–Kier alpha value is -2.99. The number of halogens is 1. The maximum Gasteiger partial charge on any atom is 0.277 e. The standard InChI is InChI=1S/C18H13ClN2O4/c1-21-17(22)15(10-2-4-11(19)5-3-10)16(18(21)23)20-12-6-7-13-14(8-12)25-9-24-13/h2-8,20H,9H2,1H3. The first kappa shape index (κ1) is 15.5. The van der Waals surface area contributed by atoms with E-state index in [1.807, 2.05) is 0 Å². The number of hydrogen-bond acceptors (Lipinski definition) is 5. The molecule has 2 aromatic carbocycles. The summed E-state index contributed by atoms with van der Waals surface area (Å²) >= 11 is 5.91. The van der Waals surface area contributed by atoms with E-state index in [9.17, 15) is 9.59 Å². The zero-order valence-electron chi connectivity index (χ0n) is 13.2. The highest BCUT2D eigenvalue weighted by Crippen LogP contribution is 2.36. The van der Waals surface area contributed by atoms with Gasteiger partial charge in [-0.2, -0.15) is 0 Å². The van der Waals surface area contributed by atoms with Gasteiger partial charge >= 0.3 is 0 Å². The van der Waals surface area contributed by atoms with Gasteiger partial charge < -0.3 is 14.8 Å². The molecule has 4 rings (SSSR count). The number of amides is 2. The van der Waals surface area contributed by atoms with Crippen molar-refractivity contribution >= 4 is 34.7 Å². The number of anilines is 1. The monoisotopic (exact) mass is 356 g/mol. The lowest BCUT2D eigenvalue weighted by Gasteiger charge is -2.09. The van der Waals surface area contributed by atoms with Crippen LogP contribution in [0.3, 0.4) is 0 Å². The Bertz CT molecular complexity index is 921. The molecule has 2 aliphatic rings. The number of benzene rings is 2. The average molecular weight is 357 g/mol. The van der Waals surface area contributed by atoms with Crippen LogP contribution in [0, 0.1) is 0 Å². The van der Waals surface area contributed by atoms with E-state index >= 15 is 0 Å². The molecule has 0 radical (unpaired) electrons. The molecule has 0 aromatic heterocycles.